The van der Waals surface area contributed by atoms with Gasteiger partial charge in [0.05, 0.1) is 0 Å². The first-order valence-electron chi connectivity index (χ1n) is 17.9. The average Bonchev–Trinajstić information content (AvgIpc) is 3.10. The molecule has 238 valence electrons. The normalized spacial score (nSPS) is 12.7. The lowest BCUT2D eigenvalue weighted by atomic mass is 9.97. The number of thioether (sulfide) groups is 1. The van der Waals surface area contributed by atoms with Crippen LogP contribution in [-0.2, 0) is 25.7 Å². The summed E-state index contributed by atoms with van der Waals surface area (Å²) in [6.07, 6.45) is 18.0. The first-order chi connectivity index (χ1) is 22.7. The van der Waals surface area contributed by atoms with Crippen molar-refractivity contribution in [2.75, 3.05) is 0 Å². The molecule has 5 rings (SSSR count). The van der Waals surface area contributed by atoms with Gasteiger partial charge in [-0.3, -0.25) is 0 Å². The minimum absolute atomic E-state index is 0.946. The van der Waals surface area contributed by atoms with Gasteiger partial charge in [-0.15, -0.1) is 0 Å². The van der Waals surface area contributed by atoms with Gasteiger partial charge < -0.3 is 0 Å². The van der Waals surface area contributed by atoms with Gasteiger partial charge in [0, 0.05) is 6.42 Å². The summed E-state index contributed by atoms with van der Waals surface area (Å²) in [5.41, 5.74) is 12.6. The molecule has 46 heavy (non-hydrogen) atoms. The van der Waals surface area contributed by atoms with Gasteiger partial charge in [-0.25, -0.2) is 0 Å². The highest BCUT2D eigenvalue weighted by Crippen LogP contribution is 2.32. The second-order valence-electron chi connectivity index (χ2n) is 13.0. The van der Waals surface area contributed by atoms with Crippen LogP contribution in [0.15, 0.2) is 108 Å². The van der Waals surface area contributed by atoms with Crippen LogP contribution in [0, 0.1) is 11.2 Å². The van der Waals surface area contributed by atoms with Crippen LogP contribution in [0.25, 0.3) is 22.3 Å². The molecular weight excluding hydrogens is 573 g/mol. The van der Waals surface area contributed by atoms with Crippen LogP contribution < -0.4 is 0 Å². The zero-order valence-corrected chi connectivity index (χ0v) is 29.1. The molecule has 1 aliphatic rings. The van der Waals surface area contributed by atoms with E-state index in [1.54, 1.807) is 17.3 Å². The van der Waals surface area contributed by atoms with Gasteiger partial charge in [0.15, 0.2) is 0 Å². The van der Waals surface area contributed by atoms with E-state index in [0.29, 0.717) is 0 Å². The monoisotopic (exact) mass is 624 g/mol. The predicted octanol–water partition coefficient (Wildman–Crippen LogP) is 13.2. The Bertz CT molecular complexity index is 1440. The van der Waals surface area contributed by atoms with Gasteiger partial charge in [0.25, 0.3) is 0 Å². The molecule has 0 aromatic heterocycles. The standard InChI is InChI=1S/C45H52S/c1-3-5-7-12-36-19-27-40(28-20-36)42-31-23-38(24-32-42)14-9-16-44-17-11-35-46-45(44)18-10-15-39-25-33-43(34-26-39)41-29-21-37(22-30-41)13-8-6-4-2/h19-34H,3-10,12-18H2,1-2H3. The molecule has 0 N–H and O–H groups in total. The summed E-state index contributed by atoms with van der Waals surface area (Å²) in [6.45, 7) is 4.53. The summed E-state index contributed by atoms with van der Waals surface area (Å²) in [5, 5.41) is 3.31. The van der Waals surface area contributed by atoms with E-state index < -0.39 is 0 Å². The second-order valence-corrected chi connectivity index (χ2v) is 13.9. The Balaban J connectivity index is 1.06. The summed E-state index contributed by atoms with van der Waals surface area (Å²) in [5.74, 6) is 3.36. The van der Waals surface area contributed by atoms with Crippen LogP contribution in [0.1, 0.15) is 107 Å². The van der Waals surface area contributed by atoms with Crippen LogP contribution >= 0.6 is 11.8 Å². The van der Waals surface area contributed by atoms with Gasteiger partial charge in [-0.1, -0.05) is 143 Å². The molecule has 0 bridgehead atoms. The average molecular weight is 625 g/mol. The van der Waals surface area contributed by atoms with Crippen LogP contribution in [-0.4, -0.2) is 0 Å². The molecule has 4 aromatic carbocycles. The molecular formula is C45H52S. The fraction of sp³-hybridized carbons (Fsp3) is 0.378. The minimum Gasteiger partial charge on any atom is -0.0864 e. The molecule has 0 nitrogen and oxygen atoms in total. The van der Waals surface area contributed by atoms with E-state index in [-0.39, 0.29) is 0 Å². The van der Waals surface area contributed by atoms with Gasteiger partial charge in [0.2, 0.25) is 0 Å². The predicted molar refractivity (Wildman–Crippen MR) is 203 cm³/mol. The van der Waals surface area contributed by atoms with E-state index in [1.165, 1.54) is 114 Å². The van der Waals surface area contributed by atoms with Gasteiger partial charge in [0.1, 0.15) is 0 Å². The van der Waals surface area contributed by atoms with Gasteiger partial charge in [-0.05, 0) is 136 Å². The van der Waals surface area contributed by atoms with Crippen molar-refractivity contribution in [1.29, 1.82) is 0 Å². The van der Waals surface area contributed by atoms with Gasteiger partial charge in [-0.2, -0.15) is 0 Å². The first-order valence-corrected chi connectivity index (χ1v) is 18.8. The molecule has 0 radical (unpaired) electrons. The molecule has 4 aromatic rings. The number of allylic oxidation sites excluding steroid dienone is 2. The van der Waals surface area contributed by atoms with Crippen molar-refractivity contribution in [3.8, 4) is 33.4 Å². The van der Waals surface area contributed by atoms with Crippen LogP contribution in [0.4, 0.5) is 0 Å². The van der Waals surface area contributed by atoms with Gasteiger partial charge >= 0.3 is 0 Å². The third-order valence-electron chi connectivity index (χ3n) is 9.38. The molecule has 0 aliphatic carbocycles. The maximum absolute atomic E-state index is 3.36. The van der Waals surface area contributed by atoms with E-state index in [2.05, 4.69) is 122 Å². The van der Waals surface area contributed by atoms with Crippen LogP contribution in [0.2, 0.25) is 0 Å². The van der Waals surface area contributed by atoms with Crippen LogP contribution in [0.3, 0.4) is 0 Å². The summed E-state index contributed by atoms with van der Waals surface area (Å²) >= 11 is 1.78. The zero-order valence-electron chi connectivity index (χ0n) is 28.3. The Morgan fingerprint density at radius 2 is 0.804 bits per heavy atom. The summed E-state index contributed by atoms with van der Waals surface area (Å²) in [6, 6.07) is 36.9. The molecule has 1 heteroatoms. The number of rotatable bonds is 18. The van der Waals surface area contributed by atoms with Crippen molar-refractivity contribution in [3.05, 3.63) is 130 Å². The van der Waals surface area contributed by atoms with Crippen LogP contribution in [0.5, 0.6) is 0 Å². The third kappa shape index (κ3) is 10.5. The molecule has 0 saturated heterocycles. The fourth-order valence-corrected chi connectivity index (χ4v) is 7.27. The molecule has 0 atom stereocenters. The van der Waals surface area contributed by atoms with E-state index in [4.69, 9.17) is 0 Å². The number of hydrogen-bond donors (Lipinski definition) is 0. The lowest BCUT2D eigenvalue weighted by Gasteiger charge is -2.14. The highest BCUT2D eigenvalue weighted by Gasteiger charge is 2.11. The molecule has 0 saturated carbocycles. The Morgan fingerprint density at radius 3 is 1.20 bits per heavy atom. The van der Waals surface area contributed by atoms with E-state index >= 15 is 0 Å². The van der Waals surface area contributed by atoms with E-state index in [9.17, 15) is 0 Å². The Labute approximate surface area is 284 Å². The summed E-state index contributed by atoms with van der Waals surface area (Å²) < 4.78 is 0. The first kappa shape index (κ1) is 33.9. The zero-order chi connectivity index (χ0) is 31.8. The number of aryl methyl sites for hydroxylation is 4. The number of unbranched alkanes of at least 4 members (excludes halogenated alkanes) is 4. The smallest absolute Gasteiger partial charge is 0.0319 e. The van der Waals surface area contributed by atoms with E-state index in [0.717, 1.165) is 32.1 Å². The fourth-order valence-electron chi connectivity index (χ4n) is 6.44. The number of hydrogen-bond acceptors (Lipinski definition) is 1. The second kappa shape index (κ2) is 18.6. The molecule has 1 aliphatic heterocycles. The maximum atomic E-state index is 3.36. The third-order valence-corrected chi connectivity index (χ3v) is 10.4. The topological polar surface area (TPSA) is 0 Å². The minimum atomic E-state index is 0.946. The SMILES string of the molecule is CCCCCc1ccc(-c2ccc(CCCC3=C(CCCc4ccc(-c5ccc(CCCCC)cc5)cc4)SC#CC3)cc2)cc1. The Morgan fingerprint density at radius 1 is 0.435 bits per heavy atom. The largest absolute Gasteiger partial charge is 0.0864 e. The Kier molecular flexibility index (Phi) is 13.7. The van der Waals surface area contributed by atoms with E-state index in [1.807, 2.05) is 0 Å². The lowest BCUT2D eigenvalue weighted by Crippen LogP contribution is -1.96. The molecule has 0 spiro atoms. The molecule has 0 amide bonds. The van der Waals surface area contributed by atoms with Crippen molar-refractivity contribution in [1.82, 2.24) is 0 Å². The quantitative estimate of drug-likeness (QED) is 0.0784. The molecule has 0 unspecified atom stereocenters. The number of benzene rings is 4. The lowest BCUT2D eigenvalue weighted by molar-refractivity contribution is 0.717. The van der Waals surface area contributed by atoms with Crippen molar-refractivity contribution < 1.29 is 0 Å². The summed E-state index contributed by atoms with van der Waals surface area (Å²) in [7, 11) is 0. The highest BCUT2D eigenvalue weighted by molar-refractivity contribution is 8.07. The van der Waals surface area contributed by atoms with Crippen molar-refractivity contribution in [2.24, 2.45) is 0 Å². The van der Waals surface area contributed by atoms with Crippen molar-refractivity contribution >= 4 is 11.8 Å². The maximum Gasteiger partial charge on any atom is 0.0319 e. The molecule has 1 heterocycles. The Hall–Kier alpha value is -3.47. The highest BCUT2D eigenvalue weighted by atomic mass is 32.2. The van der Waals surface area contributed by atoms with Crippen molar-refractivity contribution in [2.45, 2.75) is 110 Å². The van der Waals surface area contributed by atoms with Crippen molar-refractivity contribution in [3.63, 3.8) is 0 Å². The summed E-state index contributed by atoms with van der Waals surface area (Å²) in [4.78, 5) is 1.53. The molecule has 0 fully saturated rings.